The second-order valence-electron chi connectivity index (χ2n) is 7.48. The van der Waals surface area contributed by atoms with Gasteiger partial charge in [0.15, 0.2) is 0 Å². The van der Waals surface area contributed by atoms with E-state index in [-0.39, 0.29) is 0 Å². The quantitative estimate of drug-likeness (QED) is 0.235. The first-order chi connectivity index (χ1) is 15.5. The SMILES string of the molecule is CN1CCN(c2c(C#N)c(N)nc(SCc3csc(-c4ccc(Cl)cc4)n3)c2CI)CC1. The maximum Gasteiger partial charge on any atom is 0.144 e. The Hall–Kier alpha value is -1.58. The van der Waals surface area contributed by atoms with Gasteiger partial charge >= 0.3 is 0 Å². The zero-order chi connectivity index (χ0) is 22.7. The number of halogens is 2. The van der Waals surface area contributed by atoms with Crippen molar-refractivity contribution in [2.45, 2.75) is 15.2 Å². The Balaban J connectivity index is 1.59. The zero-order valence-corrected chi connectivity index (χ0v) is 22.1. The second kappa shape index (κ2) is 10.6. The Labute approximate surface area is 214 Å². The van der Waals surface area contributed by atoms with Crippen molar-refractivity contribution in [3.63, 3.8) is 0 Å². The number of likely N-dealkylation sites (N-methyl/N-ethyl adjacent to an activating group) is 1. The minimum absolute atomic E-state index is 0.303. The Kier molecular flexibility index (Phi) is 7.78. The molecule has 4 rings (SSSR count). The van der Waals surface area contributed by atoms with Gasteiger partial charge in [0, 0.05) is 57.9 Å². The summed E-state index contributed by atoms with van der Waals surface area (Å²) in [5.74, 6) is 0.992. The van der Waals surface area contributed by atoms with E-state index in [1.54, 1.807) is 23.1 Å². The molecule has 2 aromatic heterocycles. The lowest BCUT2D eigenvalue weighted by molar-refractivity contribution is 0.312. The van der Waals surface area contributed by atoms with Gasteiger partial charge in [-0.25, -0.2) is 9.97 Å². The van der Waals surface area contributed by atoms with Gasteiger partial charge in [0.2, 0.25) is 0 Å². The summed E-state index contributed by atoms with van der Waals surface area (Å²) >= 11 is 11.6. The number of piperazine rings is 1. The average Bonchev–Trinajstić information content (AvgIpc) is 3.27. The number of thioether (sulfide) groups is 1. The van der Waals surface area contributed by atoms with Gasteiger partial charge in [0.25, 0.3) is 0 Å². The van der Waals surface area contributed by atoms with E-state index >= 15 is 0 Å². The molecule has 1 aromatic carbocycles. The van der Waals surface area contributed by atoms with Gasteiger partial charge in [-0.3, -0.25) is 0 Å². The van der Waals surface area contributed by atoms with Crippen molar-refractivity contribution in [2.75, 3.05) is 43.9 Å². The molecule has 0 bridgehead atoms. The van der Waals surface area contributed by atoms with Crippen LogP contribution in [0.15, 0.2) is 34.7 Å². The van der Waals surface area contributed by atoms with Crippen LogP contribution < -0.4 is 10.6 Å². The molecule has 0 aliphatic carbocycles. The van der Waals surface area contributed by atoms with Gasteiger partial charge in [-0.05, 0) is 19.2 Å². The fraction of sp³-hybridized carbons (Fsp3) is 0.318. The number of hydrogen-bond acceptors (Lipinski definition) is 8. The highest BCUT2D eigenvalue weighted by Crippen LogP contribution is 2.38. The number of pyridine rings is 1. The van der Waals surface area contributed by atoms with E-state index in [1.807, 2.05) is 24.3 Å². The molecule has 3 aromatic rings. The molecular formula is C22H22ClIN6S2. The summed E-state index contributed by atoms with van der Waals surface area (Å²) in [6.07, 6.45) is 0. The first-order valence-electron chi connectivity index (χ1n) is 10.0. The number of rotatable bonds is 6. The molecule has 0 radical (unpaired) electrons. The Morgan fingerprint density at radius 2 is 1.94 bits per heavy atom. The number of benzene rings is 1. The molecule has 166 valence electrons. The van der Waals surface area contributed by atoms with Crippen molar-refractivity contribution < 1.29 is 0 Å². The highest BCUT2D eigenvalue weighted by molar-refractivity contribution is 14.1. The lowest BCUT2D eigenvalue weighted by Gasteiger charge is -2.36. The van der Waals surface area contributed by atoms with Crippen molar-refractivity contribution in [1.82, 2.24) is 14.9 Å². The highest BCUT2D eigenvalue weighted by Gasteiger charge is 2.25. The van der Waals surface area contributed by atoms with E-state index in [0.29, 0.717) is 22.2 Å². The highest BCUT2D eigenvalue weighted by atomic mass is 127. The summed E-state index contributed by atoms with van der Waals surface area (Å²) in [7, 11) is 2.12. The van der Waals surface area contributed by atoms with E-state index in [0.717, 1.165) is 63.1 Å². The monoisotopic (exact) mass is 596 g/mol. The van der Waals surface area contributed by atoms with E-state index in [9.17, 15) is 5.26 Å². The van der Waals surface area contributed by atoms with Gasteiger partial charge in [-0.1, -0.05) is 58.1 Å². The number of nitriles is 1. The van der Waals surface area contributed by atoms with Crippen LogP contribution in [-0.2, 0) is 10.2 Å². The molecule has 2 N–H and O–H groups in total. The third-order valence-corrected chi connectivity index (χ3v) is 8.33. The van der Waals surface area contributed by atoms with Crippen molar-refractivity contribution in [2.24, 2.45) is 0 Å². The van der Waals surface area contributed by atoms with Crippen molar-refractivity contribution in [3.05, 3.63) is 51.5 Å². The van der Waals surface area contributed by atoms with Crippen molar-refractivity contribution in [3.8, 4) is 16.6 Å². The second-order valence-corrected chi connectivity index (χ2v) is 10.5. The minimum Gasteiger partial charge on any atom is -0.382 e. The van der Waals surface area contributed by atoms with Gasteiger partial charge in [-0.15, -0.1) is 11.3 Å². The molecule has 1 aliphatic rings. The number of aromatic nitrogens is 2. The van der Waals surface area contributed by atoms with Crippen LogP contribution in [0.25, 0.3) is 10.6 Å². The van der Waals surface area contributed by atoms with E-state index < -0.39 is 0 Å². The molecule has 3 heterocycles. The molecule has 1 saturated heterocycles. The number of nitrogens with two attached hydrogens (primary N) is 1. The smallest absolute Gasteiger partial charge is 0.144 e. The fourth-order valence-electron chi connectivity index (χ4n) is 3.58. The van der Waals surface area contributed by atoms with Crippen LogP contribution in [0.4, 0.5) is 11.5 Å². The molecule has 6 nitrogen and oxygen atoms in total. The molecular weight excluding hydrogens is 575 g/mol. The van der Waals surface area contributed by atoms with Crippen LogP contribution >= 0.6 is 57.3 Å². The number of nitrogen functional groups attached to an aromatic ring is 1. The first-order valence-corrected chi connectivity index (χ1v) is 13.8. The summed E-state index contributed by atoms with van der Waals surface area (Å²) in [5.41, 5.74) is 10.8. The van der Waals surface area contributed by atoms with Crippen LogP contribution in [0.2, 0.25) is 5.02 Å². The molecule has 0 unspecified atom stereocenters. The fourth-order valence-corrected chi connectivity index (χ4v) is 6.55. The minimum atomic E-state index is 0.303. The van der Waals surface area contributed by atoms with Crippen LogP contribution in [0.5, 0.6) is 0 Å². The molecule has 0 amide bonds. The summed E-state index contributed by atoms with van der Waals surface area (Å²) in [5, 5.41) is 14.4. The molecule has 1 aliphatic heterocycles. The maximum atomic E-state index is 9.80. The van der Waals surface area contributed by atoms with Crippen molar-refractivity contribution >= 4 is 68.8 Å². The van der Waals surface area contributed by atoms with Crippen molar-refractivity contribution in [1.29, 1.82) is 5.26 Å². The maximum absolute atomic E-state index is 9.80. The number of alkyl halides is 1. The molecule has 0 spiro atoms. The average molecular weight is 597 g/mol. The third kappa shape index (κ3) is 5.15. The van der Waals surface area contributed by atoms with Gasteiger partial charge < -0.3 is 15.5 Å². The Bertz CT molecular complexity index is 1140. The zero-order valence-electron chi connectivity index (χ0n) is 17.5. The molecule has 0 saturated carbocycles. The largest absolute Gasteiger partial charge is 0.382 e. The first kappa shape index (κ1) is 23.6. The Morgan fingerprint density at radius 1 is 1.22 bits per heavy atom. The number of nitrogens with zero attached hydrogens (tertiary/aromatic N) is 5. The van der Waals surface area contributed by atoms with Gasteiger partial charge in [-0.2, -0.15) is 5.26 Å². The topological polar surface area (TPSA) is 82.1 Å². The van der Waals surface area contributed by atoms with Crippen LogP contribution in [-0.4, -0.2) is 48.1 Å². The van der Waals surface area contributed by atoms with Crippen LogP contribution in [0.3, 0.4) is 0 Å². The predicted molar refractivity (Wildman–Crippen MR) is 143 cm³/mol. The molecule has 1 fully saturated rings. The van der Waals surface area contributed by atoms with Crippen LogP contribution in [0.1, 0.15) is 16.8 Å². The number of thiazole rings is 1. The number of hydrogen-bond donors (Lipinski definition) is 1. The van der Waals surface area contributed by atoms with E-state index in [4.69, 9.17) is 22.3 Å². The summed E-state index contributed by atoms with van der Waals surface area (Å²) in [6, 6.07) is 10.0. The van der Waals surface area contributed by atoms with E-state index in [1.165, 1.54) is 0 Å². The van der Waals surface area contributed by atoms with Gasteiger partial charge in [0.05, 0.1) is 11.4 Å². The summed E-state index contributed by atoms with van der Waals surface area (Å²) < 4.78 is 0.761. The molecule has 0 atom stereocenters. The Morgan fingerprint density at radius 3 is 2.59 bits per heavy atom. The summed E-state index contributed by atoms with van der Waals surface area (Å²) in [4.78, 5) is 14.0. The summed E-state index contributed by atoms with van der Waals surface area (Å²) in [6.45, 7) is 3.67. The van der Waals surface area contributed by atoms with E-state index in [2.05, 4.69) is 55.9 Å². The normalized spacial score (nSPS) is 14.5. The third-order valence-electron chi connectivity index (χ3n) is 5.32. The van der Waals surface area contributed by atoms with Crippen LogP contribution in [0, 0.1) is 11.3 Å². The van der Waals surface area contributed by atoms with Gasteiger partial charge in [0.1, 0.15) is 27.5 Å². The lowest BCUT2D eigenvalue weighted by atomic mass is 10.1. The predicted octanol–water partition coefficient (Wildman–Crippen LogP) is 5.29. The lowest BCUT2D eigenvalue weighted by Crippen LogP contribution is -2.45. The standard InChI is InChI=1S/C22H22ClIN6S2/c1-29-6-8-30(9-7-29)19-17(10-24)22(28-20(26)18(19)11-25)32-13-16-12-31-21(27-16)14-2-4-15(23)5-3-14/h2-5,12H,6-10,13H2,1H3,(H2,26,28). The molecule has 10 heteroatoms. The number of anilines is 2. The molecule has 32 heavy (non-hydrogen) atoms.